The minimum atomic E-state index is -7.82. The first-order chi connectivity index (χ1) is 31.1. The summed E-state index contributed by atoms with van der Waals surface area (Å²) in [5.74, 6) is -46.6. The Balaban J connectivity index is -0.000000513. The molecular weight excluding hydrogens is 1050 g/mol. The third kappa shape index (κ3) is 22.3. The molecule has 0 heterocycles. The topological polar surface area (TPSA) is 168 Å². The Labute approximate surface area is 369 Å². The van der Waals surface area contributed by atoms with Gasteiger partial charge in [0.15, 0.2) is 52.2 Å². The molecule has 0 aliphatic heterocycles. The second-order valence-electron chi connectivity index (χ2n) is 11.6. The van der Waals surface area contributed by atoms with Crippen molar-refractivity contribution in [2.45, 2.75) is 66.5 Å². The van der Waals surface area contributed by atoms with Crippen LogP contribution in [0.2, 0.25) is 0 Å². The second kappa shape index (κ2) is 29.0. The SMILES string of the molecule is C=CC(=O)OCC(F)(F)C(F)(F)OC(F)(C(F)(OF)C(F)(F)OF)C(F)(OF)C(F)(F)OCC(C)=O.C=CC(=O)OCC(F)(F)CF.C=CC(=O)OCC(F)(F)CF.C=CC(=O)OCC(F)(F)CF. The van der Waals surface area contributed by atoms with E-state index < -0.39 is 142 Å². The number of alkyl halides is 20. The highest BCUT2D eigenvalue weighted by Crippen LogP contribution is 2.59. The summed E-state index contributed by atoms with van der Waals surface area (Å²) < 4.78 is 318. The van der Waals surface area contributed by atoms with Gasteiger partial charge in [-0.3, -0.25) is 9.53 Å². The van der Waals surface area contributed by atoms with Crippen molar-refractivity contribution in [3.05, 3.63) is 50.6 Å². The fourth-order valence-corrected chi connectivity index (χ4v) is 2.61. The van der Waals surface area contributed by atoms with Gasteiger partial charge in [-0.1, -0.05) is 26.3 Å². The number of hydrogen-bond acceptors (Lipinski definition) is 14. The van der Waals surface area contributed by atoms with Gasteiger partial charge in [0.05, 0.1) is 0 Å². The Bertz CT molecular complexity index is 1600. The van der Waals surface area contributed by atoms with Crippen molar-refractivity contribution in [2.75, 3.05) is 53.1 Å². The lowest BCUT2D eigenvalue weighted by atomic mass is 9.97. The maximum absolute atomic E-state index is 15.1. The largest absolute Gasteiger partial charge is 0.456 e. The fourth-order valence-electron chi connectivity index (χ4n) is 2.61. The van der Waals surface area contributed by atoms with Crippen LogP contribution in [0, 0.1) is 0 Å². The highest BCUT2D eigenvalue weighted by molar-refractivity contribution is 5.82. The summed E-state index contributed by atoms with van der Waals surface area (Å²) in [6.45, 7) is -2.68. The second-order valence-corrected chi connectivity index (χ2v) is 11.6. The molecule has 0 aromatic heterocycles. The van der Waals surface area contributed by atoms with Crippen molar-refractivity contribution in [1.82, 2.24) is 0 Å². The van der Waals surface area contributed by atoms with Crippen molar-refractivity contribution in [3.63, 3.8) is 0 Å². The Kier molecular flexibility index (Phi) is 29.5. The molecule has 0 aromatic rings. The number of halogens is 23. The molecule has 0 spiro atoms. The normalized spacial score (nSPS) is 14.8. The lowest BCUT2D eigenvalue weighted by Gasteiger charge is -2.45. The Morgan fingerprint density at radius 1 is 0.420 bits per heavy atom. The number of ketones is 1. The standard InChI is InChI=1S/C14H10F14O8.3C6H7F3O2/c1-3-7(30)31-5-8(15,16)12(20,21)33-9(17,11(19,35-27)14(24,25)36-28)10(18,34-26)13(22,23)32-4-6(2)29;3*1-2-5(10)11-4-6(8,9)3-7/h3H,1,4-5H2,2H3;3*2H,1,3-4H2. The fraction of sp³-hybridized carbons (Fsp3) is 0.594. The summed E-state index contributed by atoms with van der Waals surface area (Å²) >= 11 is 0. The Morgan fingerprint density at radius 3 is 0.928 bits per heavy atom. The average Bonchev–Trinajstić information content (AvgIpc) is 3.29. The zero-order valence-electron chi connectivity index (χ0n) is 33.7. The summed E-state index contributed by atoms with van der Waals surface area (Å²) in [5, 5.41) is 0. The Hall–Kier alpha value is -5.30. The molecule has 0 N–H and O–H groups in total. The maximum Gasteiger partial charge on any atom is 0.453 e. The first kappa shape index (κ1) is 70.3. The molecule has 404 valence electrons. The molecule has 0 saturated heterocycles. The van der Waals surface area contributed by atoms with E-state index >= 15 is 4.39 Å². The molecule has 14 nitrogen and oxygen atoms in total. The van der Waals surface area contributed by atoms with Crippen molar-refractivity contribution in [3.8, 4) is 0 Å². The molecule has 3 atom stereocenters. The molecule has 3 unspecified atom stereocenters. The first-order valence-corrected chi connectivity index (χ1v) is 16.3. The van der Waals surface area contributed by atoms with E-state index in [1.165, 1.54) is 14.8 Å². The molecular formula is C32H31F23O14. The lowest BCUT2D eigenvalue weighted by Crippen LogP contribution is -2.77. The molecule has 0 bridgehead atoms. The van der Waals surface area contributed by atoms with Crippen LogP contribution < -0.4 is 0 Å². The van der Waals surface area contributed by atoms with Gasteiger partial charge in [-0.2, -0.15) is 74.6 Å². The molecule has 0 saturated carbocycles. The lowest BCUT2D eigenvalue weighted by molar-refractivity contribution is -0.603. The molecule has 0 aliphatic rings. The van der Waals surface area contributed by atoms with Crippen LogP contribution >= 0.6 is 0 Å². The monoisotopic (exact) mass is 1080 g/mol. The zero-order valence-corrected chi connectivity index (χ0v) is 33.7. The molecule has 0 aliphatic carbocycles. The third-order valence-corrected chi connectivity index (χ3v) is 5.96. The van der Waals surface area contributed by atoms with E-state index in [0.29, 0.717) is 6.92 Å². The van der Waals surface area contributed by atoms with E-state index in [1.54, 1.807) is 0 Å². The number of hydrogen-bond donors (Lipinski definition) is 0. The average molecular weight is 1080 g/mol. The van der Waals surface area contributed by atoms with Gasteiger partial charge in [0.2, 0.25) is 0 Å². The number of esters is 4. The zero-order chi connectivity index (χ0) is 55.7. The van der Waals surface area contributed by atoms with E-state index in [1.807, 2.05) is 4.74 Å². The molecule has 37 heteroatoms. The van der Waals surface area contributed by atoms with Crippen LogP contribution in [0.15, 0.2) is 50.6 Å². The molecule has 69 heavy (non-hydrogen) atoms. The van der Waals surface area contributed by atoms with Crippen molar-refractivity contribution in [1.29, 1.82) is 0 Å². The van der Waals surface area contributed by atoms with E-state index in [0.717, 1.165) is 18.2 Å². The molecule has 0 radical (unpaired) electrons. The van der Waals surface area contributed by atoms with Gasteiger partial charge in [-0.25, -0.2) is 32.3 Å². The van der Waals surface area contributed by atoms with E-state index in [-0.39, 0.29) is 6.08 Å². The van der Waals surface area contributed by atoms with E-state index in [4.69, 9.17) is 0 Å². The van der Waals surface area contributed by atoms with Gasteiger partial charge in [0.25, 0.3) is 0 Å². The van der Waals surface area contributed by atoms with Crippen LogP contribution in [0.5, 0.6) is 0 Å². The van der Waals surface area contributed by atoms with Gasteiger partial charge in [-0.05, 0) is 20.5 Å². The van der Waals surface area contributed by atoms with Crippen LogP contribution in [-0.4, -0.2) is 142 Å². The van der Waals surface area contributed by atoms with Crippen molar-refractivity contribution >= 4 is 29.7 Å². The first-order valence-electron chi connectivity index (χ1n) is 16.3. The predicted molar refractivity (Wildman–Crippen MR) is 173 cm³/mol. The quantitative estimate of drug-likeness (QED) is 0.0317. The highest BCUT2D eigenvalue weighted by atomic mass is 19.4. The van der Waals surface area contributed by atoms with Crippen LogP contribution in [0.25, 0.3) is 0 Å². The number of rotatable bonds is 28. The molecule has 0 amide bonds. The van der Waals surface area contributed by atoms with Gasteiger partial charge in [0, 0.05) is 24.3 Å². The van der Waals surface area contributed by atoms with Crippen LogP contribution in [0.1, 0.15) is 6.92 Å². The van der Waals surface area contributed by atoms with Crippen molar-refractivity contribution in [2.24, 2.45) is 0 Å². The van der Waals surface area contributed by atoms with Gasteiger partial charge >= 0.3 is 83.5 Å². The highest BCUT2D eigenvalue weighted by Gasteiger charge is 2.92. The summed E-state index contributed by atoms with van der Waals surface area (Å²) in [6.07, 6.45) is -19.2. The summed E-state index contributed by atoms with van der Waals surface area (Å²) in [4.78, 5) is 56.2. The molecule has 0 fully saturated rings. The van der Waals surface area contributed by atoms with Crippen LogP contribution in [-0.2, 0) is 67.2 Å². The summed E-state index contributed by atoms with van der Waals surface area (Å²) in [7, 11) is 0. The summed E-state index contributed by atoms with van der Waals surface area (Å²) in [6, 6.07) is 0. The number of Topliss-reactive ketones (excluding diaryl/α,β-unsaturated/α-hetero) is 1. The molecule has 0 aromatic carbocycles. The van der Waals surface area contributed by atoms with Gasteiger partial charge in [0.1, 0.15) is 6.61 Å². The van der Waals surface area contributed by atoms with Crippen LogP contribution in [0.4, 0.5) is 101 Å². The van der Waals surface area contributed by atoms with E-state index in [9.17, 15) is 121 Å². The van der Waals surface area contributed by atoms with Gasteiger partial charge < -0.3 is 23.7 Å². The smallest absolute Gasteiger partial charge is 0.453 e. The Morgan fingerprint density at radius 2 is 0.696 bits per heavy atom. The maximum atomic E-state index is 15.1. The van der Waals surface area contributed by atoms with Crippen LogP contribution in [0.3, 0.4) is 0 Å². The minimum absolute atomic E-state index is 0.0215. The third-order valence-electron chi connectivity index (χ3n) is 5.96. The summed E-state index contributed by atoms with van der Waals surface area (Å²) in [5.41, 5.74) is 0. The number of carbonyl (C=O) groups excluding carboxylic acids is 5. The van der Waals surface area contributed by atoms with Crippen molar-refractivity contribution < 1.29 is 169 Å². The molecule has 0 rings (SSSR count). The number of ether oxygens (including phenoxy) is 6. The predicted octanol–water partition coefficient (Wildman–Crippen LogP) is 8.41. The van der Waals surface area contributed by atoms with E-state index in [2.05, 4.69) is 50.0 Å². The van der Waals surface area contributed by atoms with Gasteiger partial charge in [-0.15, -0.1) is 14.8 Å². The number of carbonyl (C=O) groups is 5. The minimum Gasteiger partial charge on any atom is -0.456 e.